The number of halogens is 1. The monoisotopic (exact) mass is 281 g/mol. The highest BCUT2D eigenvalue weighted by Crippen LogP contribution is 2.46. The Bertz CT molecular complexity index is 479. The van der Waals surface area contributed by atoms with Crippen LogP contribution in [0.4, 0.5) is 0 Å². The molecule has 3 unspecified atom stereocenters. The molecule has 3 rings (SSSR count). The second kappa shape index (κ2) is 4.97. The first-order chi connectivity index (χ1) is 9.14. The summed E-state index contributed by atoms with van der Waals surface area (Å²) in [5.74, 6) is 0.943. The molecule has 1 N–H and O–H groups in total. The summed E-state index contributed by atoms with van der Waals surface area (Å²) in [6.07, 6.45) is 2.03. The molecule has 0 aromatic heterocycles. The van der Waals surface area contributed by atoms with E-state index in [1.165, 1.54) is 5.56 Å². The highest BCUT2D eigenvalue weighted by atomic mass is 35.5. The number of fused-ring (bicyclic) bond motifs is 1. The largest absolute Gasteiger partial charge is 0.484 e. The van der Waals surface area contributed by atoms with Crippen molar-refractivity contribution in [2.24, 2.45) is 0 Å². The van der Waals surface area contributed by atoms with Crippen LogP contribution in [-0.4, -0.2) is 24.9 Å². The Kier molecular flexibility index (Phi) is 3.46. The molecule has 2 aliphatic rings. The maximum atomic E-state index is 6.30. The summed E-state index contributed by atoms with van der Waals surface area (Å²) < 4.78 is 12.0. The lowest BCUT2D eigenvalue weighted by atomic mass is 9.83. The second-order valence-electron chi connectivity index (χ2n) is 5.43. The molecule has 1 saturated heterocycles. The first kappa shape index (κ1) is 13.2. The molecular weight excluding hydrogens is 262 g/mol. The minimum atomic E-state index is -0.187. The van der Waals surface area contributed by atoms with E-state index in [0.29, 0.717) is 0 Å². The normalized spacial score (nSPS) is 33.2. The summed E-state index contributed by atoms with van der Waals surface area (Å²) in [6.45, 7) is 5.95. The molecule has 0 saturated carbocycles. The molecule has 1 aromatic carbocycles. The minimum absolute atomic E-state index is 0.137. The average Bonchev–Trinajstić information content (AvgIpc) is 2.72. The van der Waals surface area contributed by atoms with Crippen LogP contribution in [0, 0.1) is 0 Å². The zero-order valence-corrected chi connectivity index (χ0v) is 12.2. The smallest absolute Gasteiger partial charge is 0.139 e. The fourth-order valence-corrected chi connectivity index (χ4v) is 3.38. The van der Waals surface area contributed by atoms with Crippen molar-refractivity contribution >= 4 is 11.6 Å². The van der Waals surface area contributed by atoms with Gasteiger partial charge in [-0.25, -0.2) is 0 Å². The van der Waals surface area contributed by atoms with E-state index >= 15 is 0 Å². The van der Waals surface area contributed by atoms with Crippen molar-refractivity contribution in [3.05, 3.63) is 28.8 Å². The molecule has 3 atom stereocenters. The molecule has 3 nitrogen and oxygen atoms in total. The molecule has 1 spiro atoms. The van der Waals surface area contributed by atoms with E-state index in [1.54, 1.807) is 0 Å². The van der Waals surface area contributed by atoms with Gasteiger partial charge in [0.15, 0.2) is 0 Å². The summed E-state index contributed by atoms with van der Waals surface area (Å²) in [5.41, 5.74) is 0.979. The van der Waals surface area contributed by atoms with Crippen molar-refractivity contribution in [1.82, 2.24) is 5.32 Å². The number of ether oxygens (including phenoxy) is 2. The Morgan fingerprint density at radius 3 is 3.00 bits per heavy atom. The van der Waals surface area contributed by atoms with E-state index in [-0.39, 0.29) is 17.7 Å². The van der Waals surface area contributed by atoms with Crippen molar-refractivity contribution in [2.75, 3.05) is 13.2 Å². The third kappa shape index (κ3) is 2.24. The lowest BCUT2D eigenvalue weighted by Crippen LogP contribution is -2.48. The molecule has 2 heterocycles. The predicted octanol–water partition coefficient (Wildman–Crippen LogP) is 3.32. The first-order valence-corrected chi connectivity index (χ1v) is 7.36. The standard InChI is InChI=1S/C15H20ClNO2/c1-3-17-13-9-15(6-7-18-10(15)2)19-14-5-4-11(16)8-12(13)14/h4-5,8,10,13,17H,3,6-7,9H2,1-2H3. The zero-order chi connectivity index (χ0) is 13.5. The van der Waals surface area contributed by atoms with Gasteiger partial charge >= 0.3 is 0 Å². The van der Waals surface area contributed by atoms with E-state index in [4.69, 9.17) is 21.1 Å². The summed E-state index contributed by atoms with van der Waals surface area (Å²) in [4.78, 5) is 0. The Morgan fingerprint density at radius 2 is 2.32 bits per heavy atom. The third-order valence-corrected chi connectivity index (χ3v) is 4.53. The highest BCUT2D eigenvalue weighted by molar-refractivity contribution is 6.30. The molecule has 0 radical (unpaired) electrons. The predicted molar refractivity (Wildman–Crippen MR) is 75.9 cm³/mol. The van der Waals surface area contributed by atoms with Gasteiger partial charge in [-0.3, -0.25) is 0 Å². The van der Waals surface area contributed by atoms with Gasteiger partial charge in [0.25, 0.3) is 0 Å². The SMILES string of the molecule is CCNC1CC2(CCOC2C)Oc2ccc(Cl)cc21. The number of benzene rings is 1. The fourth-order valence-electron chi connectivity index (χ4n) is 3.19. The molecule has 0 aliphatic carbocycles. The number of hydrogen-bond acceptors (Lipinski definition) is 3. The Balaban J connectivity index is 1.99. The van der Waals surface area contributed by atoms with Gasteiger partial charge in [-0.05, 0) is 31.7 Å². The van der Waals surface area contributed by atoms with E-state index in [1.807, 2.05) is 18.2 Å². The van der Waals surface area contributed by atoms with Crippen LogP contribution in [0.15, 0.2) is 18.2 Å². The molecular formula is C15H20ClNO2. The van der Waals surface area contributed by atoms with Crippen LogP contribution in [0.2, 0.25) is 5.02 Å². The van der Waals surface area contributed by atoms with Crippen molar-refractivity contribution in [1.29, 1.82) is 0 Å². The fraction of sp³-hybridized carbons (Fsp3) is 0.600. The first-order valence-electron chi connectivity index (χ1n) is 6.98. The lowest BCUT2D eigenvalue weighted by molar-refractivity contribution is -0.0305. The van der Waals surface area contributed by atoms with Gasteiger partial charge in [0.05, 0.1) is 12.7 Å². The minimum Gasteiger partial charge on any atom is -0.484 e. The number of rotatable bonds is 2. The van der Waals surface area contributed by atoms with Crippen LogP contribution in [0.1, 0.15) is 38.3 Å². The summed E-state index contributed by atoms with van der Waals surface area (Å²) in [7, 11) is 0. The quantitative estimate of drug-likeness (QED) is 0.902. The van der Waals surface area contributed by atoms with Crippen LogP contribution in [0.25, 0.3) is 0 Å². The zero-order valence-electron chi connectivity index (χ0n) is 11.4. The molecule has 2 aliphatic heterocycles. The summed E-state index contributed by atoms with van der Waals surface area (Å²) in [6, 6.07) is 6.17. The molecule has 0 bridgehead atoms. The van der Waals surface area contributed by atoms with Crippen LogP contribution in [0.5, 0.6) is 5.75 Å². The third-order valence-electron chi connectivity index (χ3n) is 4.29. The van der Waals surface area contributed by atoms with Gasteiger partial charge in [-0.2, -0.15) is 0 Å². The Morgan fingerprint density at radius 1 is 1.47 bits per heavy atom. The molecule has 19 heavy (non-hydrogen) atoms. The van der Waals surface area contributed by atoms with E-state index in [2.05, 4.69) is 19.2 Å². The molecule has 0 amide bonds. The molecule has 104 valence electrons. The molecule has 1 aromatic rings. The van der Waals surface area contributed by atoms with Crippen LogP contribution in [-0.2, 0) is 4.74 Å². The van der Waals surface area contributed by atoms with Crippen LogP contribution < -0.4 is 10.1 Å². The van der Waals surface area contributed by atoms with Gasteiger partial charge in [-0.1, -0.05) is 18.5 Å². The maximum Gasteiger partial charge on any atom is 0.139 e. The molecule has 1 fully saturated rings. The van der Waals surface area contributed by atoms with Gasteiger partial charge in [0.1, 0.15) is 11.4 Å². The number of hydrogen-bond donors (Lipinski definition) is 1. The Labute approximate surface area is 119 Å². The second-order valence-corrected chi connectivity index (χ2v) is 5.86. The number of nitrogens with one attached hydrogen (secondary N) is 1. The Hall–Kier alpha value is -0.770. The van der Waals surface area contributed by atoms with Crippen molar-refractivity contribution in [3.63, 3.8) is 0 Å². The van der Waals surface area contributed by atoms with E-state index in [9.17, 15) is 0 Å². The van der Waals surface area contributed by atoms with Gasteiger partial charge in [0.2, 0.25) is 0 Å². The van der Waals surface area contributed by atoms with Crippen molar-refractivity contribution < 1.29 is 9.47 Å². The average molecular weight is 282 g/mol. The lowest BCUT2D eigenvalue weighted by Gasteiger charge is -2.41. The van der Waals surface area contributed by atoms with Gasteiger partial charge in [-0.15, -0.1) is 0 Å². The van der Waals surface area contributed by atoms with Crippen LogP contribution >= 0.6 is 11.6 Å². The van der Waals surface area contributed by atoms with E-state index < -0.39 is 0 Å². The van der Waals surface area contributed by atoms with E-state index in [0.717, 1.165) is 36.8 Å². The van der Waals surface area contributed by atoms with Gasteiger partial charge < -0.3 is 14.8 Å². The highest BCUT2D eigenvalue weighted by Gasteiger charge is 2.48. The van der Waals surface area contributed by atoms with Gasteiger partial charge in [0, 0.05) is 29.5 Å². The summed E-state index contributed by atoms with van der Waals surface area (Å²) in [5, 5.41) is 4.31. The topological polar surface area (TPSA) is 30.5 Å². The van der Waals surface area contributed by atoms with Crippen LogP contribution in [0.3, 0.4) is 0 Å². The maximum absolute atomic E-state index is 6.30. The molecule has 4 heteroatoms. The van der Waals surface area contributed by atoms with Crippen molar-refractivity contribution in [2.45, 2.75) is 44.4 Å². The van der Waals surface area contributed by atoms with Crippen molar-refractivity contribution in [3.8, 4) is 5.75 Å². The summed E-state index contributed by atoms with van der Waals surface area (Å²) >= 11 is 6.11.